The average molecular weight is 298 g/mol. The molecule has 0 saturated heterocycles. The maximum atomic E-state index is 6.19. The van der Waals surface area contributed by atoms with Crippen LogP contribution in [0.1, 0.15) is 33.5 Å². The normalized spacial score (nSPS) is 14.3. The van der Waals surface area contributed by atoms with Crippen LogP contribution in [0, 0.1) is 5.41 Å². The number of thiophene rings is 1. The molecule has 0 aromatic carbocycles. The lowest BCUT2D eigenvalue weighted by molar-refractivity contribution is 0.132. The average Bonchev–Trinajstić information content (AvgIpc) is 2.75. The first-order valence-electron chi connectivity index (χ1n) is 6.39. The summed E-state index contributed by atoms with van der Waals surface area (Å²) in [6.07, 6.45) is 0. The zero-order chi connectivity index (χ0) is 14.2. The van der Waals surface area contributed by atoms with Crippen LogP contribution in [0.15, 0.2) is 11.4 Å². The van der Waals surface area contributed by atoms with Crippen LogP contribution in [0.5, 0.6) is 0 Å². The molecule has 3 nitrogen and oxygen atoms in total. The number of hydrogen-bond donors (Lipinski definition) is 0. The van der Waals surface area contributed by atoms with Crippen LogP contribution in [0.3, 0.4) is 0 Å². The number of halogens is 1. The Balaban J connectivity index is 2.21. The Kier molecular flexibility index (Phi) is 4.14. The van der Waals surface area contributed by atoms with E-state index in [2.05, 4.69) is 49.6 Å². The summed E-state index contributed by atoms with van der Waals surface area (Å²) >= 11 is 7.80. The maximum Gasteiger partial charge on any atom is 0.145 e. The summed E-state index contributed by atoms with van der Waals surface area (Å²) in [4.78, 5) is 12.2. The molecule has 0 aliphatic heterocycles. The third-order valence-electron chi connectivity index (χ3n) is 3.63. The van der Waals surface area contributed by atoms with Gasteiger partial charge in [-0.2, -0.15) is 0 Å². The summed E-state index contributed by atoms with van der Waals surface area (Å²) in [5, 5.41) is 3.50. The second-order valence-corrected chi connectivity index (χ2v) is 7.28. The molecule has 0 aliphatic carbocycles. The minimum absolute atomic E-state index is 0.228. The number of nitrogens with zero attached hydrogens (tertiary/aromatic N) is 3. The smallest absolute Gasteiger partial charge is 0.145 e. The van der Waals surface area contributed by atoms with Gasteiger partial charge in [-0.05, 0) is 30.8 Å². The molecule has 0 saturated carbocycles. The molecular formula is C14H20ClN3S. The van der Waals surface area contributed by atoms with Gasteiger partial charge in [-0.1, -0.05) is 32.4 Å². The van der Waals surface area contributed by atoms with Crippen LogP contribution in [0.25, 0.3) is 10.2 Å². The topological polar surface area (TPSA) is 29.0 Å². The van der Waals surface area contributed by atoms with Gasteiger partial charge < -0.3 is 0 Å². The third kappa shape index (κ3) is 3.25. The van der Waals surface area contributed by atoms with Crippen LogP contribution in [-0.4, -0.2) is 28.0 Å². The SMILES string of the molecule is CC(N(C)Cc1nc(Cl)c2ccsc2n1)C(C)(C)C. The summed E-state index contributed by atoms with van der Waals surface area (Å²) in [5.74, 6) is 0.790. The molecule has 2 rings (SSSR count). The van der Waals surface area contributed by atoms with Crippen LogP contribution < -0.4 is 0 Å². The van der Waals surface area contributed by atoms with Crippen molar-refractivity contribution in [2.75, 3.05) is 7.05 Å². The van der Waals surface area contributed by atoms with Gasteiger partial charge in [0.25, 0.3) is 0 Å². The molecule has 0 amide bonds. The predicted octanol–water partition coefficient (Wildman–Crippen LogP) is 4.21. The highest BCUT2D eigenvalue weighted by Crippen LogP contribution is 2.27. The highest BCUT2D eigenvalue weighted by Gasteiger charge is 2.24. The van der Waals surface area contributed by atoms with Crippen molar-refractivity contribution in [3.63, 3.8) is 0 Å². The fourth-order valence-electron chi connectivity index (χ4n) is 1.95. The van der Waals surface area contributed by atoms with E-state index >= 15 is 0 Å². The Hall–Kier alpha value is -0.710. The van der Waals surface area contributed by atoms with Crippen LogP contribution >= 0.6 is 22.9 Å². The van der Waals surface area contributed by atoms with Crippen molar-refractivity contribution in [2.24, 2.45) is 5.41 Å². The summed E-state index contributed by atoms with van der Waals surface area (Å²) in [6.45, 7) is 9.66. The van der Waals surface area contributed by atoms with Gasteiger partial charge in [0.15, 0.2) is 0 Å². The molecule has 0 fully saturated rings. The monoisotopic (exact) mass is 297 g/mol. The Bertz CT molecular complexity index is 574. The Labute approximate surface area is 123 Å². The first-order valence-corrected chi connectivity index (χ1v) is 7.64. The lowest BCUT2D eigenvalue weighted by Gasteiger charge is -2.34. The van der Waals surface area contributed by atoms with Gasteiger partial charge in [0.2, 0.25) is 0 Å². The van der Waals surface area contributed by atoms with E-state index in [-0.39, 0.29) is 5.41 Å². The van der Waals surface area contributed by atoms with Crippen molar-refractivity contribution in [2.45, 2.75) is 40.3 Å². The highest BCUT2D eigenvalue weighted by molar-refractivity contribution is 7.16. The van der Waals surface area contributed by atoms with Crippen LogP contribution in [0.2, 0.25) is 5.15 Å². The van der Waals surface area contributed by atoms with Crippen molar-refractivity contribution in [1.29, 1.82) is 0 Å². The molecule has 0 spiro atoms. The lowest BCUT2D eigenvalue weighted by Crippen LogP contribution is -2.39. The molecule has 1 atom stereocenters. The van der Waals surface area contributed by atoms with Crippen LogP contribution in [-0.2, 0) is 6.54 Å². The number of rotatable bonds is 3. The van der Waals surface area contributed by atoms with Gasteiger partial charge in [-0.15, -0.1) is 11.3 Å². The van der Waals surface area contributed by atoms with Gasteiger partial charge in [-0.3, -0.25) is 4.90 Å². The van der Waals surface area contributed by atoms with Crippen molar-refractivity contribution in [3.05, 3.63) is 22.4 Å². The molecule has 0 bridgehead atoms. The predicted molar refractivity (Wildman–Crippen MR) is 82.8 cm³/mol. The Morgan fingerprint density at radius 2 is 2.05 bits per heavy atom. The Morgan fingerprint density at radius 3 is 2.68 bits per heavy atom. The summed E-state index contributed by atoms with van der Waals surface area (Å²) in [5.41, 5.74) is 0.228. The first-order chi connectivity index (χ1) is 8.79. The third-order valence-corrected chi connectivity index (χ3v) is 4.72. The van der Waals surface area contributed by atoms with Crippen LogP contribution in [0.4, 0.5) is 0 Å². The molecule has 0 N–H and O–H groups in total. The maximum absolute atomic E-state index is 6.19. The van der Waals surface area contributed by atoms with E-state index in [0.717, 1.165) is 16.0 Å². The molecule has 19 heavy (non-hydrogen) atoms. The standard InChI is InChI=1S/C14H20ClN3S/c1-9(14(2,3)4)18(5)8-11-16-12(15)10-6-7-19-13(10)17-11/h6-7,9H,8H2,1-5H3. The summed E-state index contributed by atoms with van der Waals surface area (Å²) in [7, 11) is 2.10. The van der Waals surface area contributed by atoms with E-state index in [9.17, 15) is 0 Å². The van der Waals surface area contributed by atoms with Gasteiger partial charge >= 0.3 is 0 Å². The van der Waals surface area contributed by atoms with Crippen molar-refractivity contribution in [1.82, 2.24) is 14.9 Å². The molecule has 0 radical (unpaired) electrons. The van der Waals surface area contributed by atoms with E-state index in [4.69, 9.17) is 11.6 Å². The lowest BCUT2D eigenvalue weighted by atomic mass is 9.87. The minimum Gasteiger partial charge on any atom is -0.296 e. The Morgan fingerprint density at radius 1 is 1.37 bits per heavy atom. The molecule has 5 heteroatoms. The zero-order valence-corrected chi connectivity index (χ0v) is 13.6. The summed E-state index contributed by atoms with van der Waals surface area (Å²) < 4.78 is 0. The van der Waals surface area contributed by atoms with E-state index in [1.165, 1.54) is 0 Å². The largest absolute Gasteiger partial charge is 0.296 e. The zero-order valence-electron chi connectivity index (χ0n) is 12.1. The number of fused-ring (bicyclic) bond motifs is 1. The quantitative estimate of drug-likeness (QED) is 0.795. The molecule has 2 aromatic heterocycles. The van der Waals surface area contributed by atoms with E-state index in [0.29, 0.717) is 17.7 Å². The fourth-order valence-corrected chi connectivity index (χ4v) is 3.04. The second-order valence-electron chi connectivity index (χ2n) is 6.03. The van der Waals surface area contributed by atoms with Gasteiger partial charge in [-0.25, -0.2) is 9.97 Å². The highest BCUT2D eigenvalue weighted by atomic mass is 35.5. The molecular weight excluding hydrogens is 278 g/mol. The first kappa shape index (κ1) is 14.7. The van der Waals surface area contributed by atoms with E-state index < -0.39 is 0 Å². The van der Waals surface area contributed by atoms with Crippen molar-refractivity contribution in [3.8, 4) is 0 Å². The molecule has 1 unspecified atom stereocenters. The minimum atomic E-state index is 0.228. The fraction of sp³-hybridized carbons (Fsp3) is 0.571. The van der Waals surface area contributed by atoms with Crippen molar-refractivity contribution < 1.29 is 0 Å². The summed E-state index contributed by atoms with van der Waals surface area (Å²) in [6, 6.07) is 2.40. The molecule has 2 aromatic rings. The molecule has 104 valence electrons. The second kappa shape index (κ2) is 5.35. The molecule has 0 aliphatic rings. The number of aromatic nitrogens is 2. The van der Waals surface area contributed by atoms with Gasteiger partial charge in [0.1, 0.15) is 15.8 Å². The van der Waals surface area contributed by atoms with Gasteiger partial charge in [0.05, 0.1) is 6.54 Å². The van der Waals surface area contributed by atoms with Crippen molar-refractivity contribution >= 4 is 33.2 Å². The van der Waals surface area contributed by atoms with E-state index in [1.807, 2.05) is 11.4 Å². The van der Waals surface area contributed by atoms with Gasteiger partial charge in [0, 0.05) is 11.4 Å². The molecule has 2 heterocycles. The van der Waals surface area contributed by atoms with E-state index in [1.54, 1.807) is 11.3 Å². The number of hydrogen-bond acceptors (Lipinski definition) is 4.